The maximum atomic E-state index is 14.9. The molecule has 0 saturated carbocycles. The van der Waals surface area contributed by atoms with E-state index in [1.165, 1.54) is 6.07 Å². The van der Waals surface area contributed by atoms with E-state index in [0.29, 0.717) is 12.1 Å². The number of halogens is 1. The molecular formula is C21H26FN6O2+. The van der Waals surface area contributed by atoms with Gasteiger partial charge in [0.2, 0.25) is 0 Å². The zero-order valence-corrected chi connectivity index (χ0v) is 16.8. The van der Waals surface area contributed by atoms with E-state index in [2.05, 4.69) is 20.6 Å². The van der Waals surface area contributed by atoms with Crippen molar-refractivity contribution < 1.29 is 19.7 Å². The highest BCUT2D eigenvalue weighted by atomic mass is 19.1. The minimum absolute atomic E-state index is 0.0694. The van der Waals surface area contributed by atoms with Gasteiger partial charge in [-0.3, -0.25) is 4.90 Å². The van der Waals surface area contributed by atoms with Crippen LogP contribution in [0.5, 0.6) is 0 Å². The first-order valence-corrected chi connectivity index (χ1v) is 9.97. The van der Waals surface area contributed by atoms with Crippen molar-refractivity contribution in [2.45, 2.75) is 25.3 Å². The predicted octanol–water partition coefficient (Wildman–Crippen LogP) is 3.34. The van der Waals surface area contributed by atoms with E-state index in [4.69, 9.17) is 0 Å². The van der Waals surface area contributed by atoms with Crippen LogP contribution in [0.4, 0.5) is 10.1 Å². The van der Waals surface area contributed by atoms with Crippen LogP contribution in [0, 0.1) is 5.82 Å². The molecule has 9 heteroatoms. The van der Waals surface area contributed by atoms with Crippen LogP contribution in [0.2, 0.25) is 0 Å². The Morgan fingerprint density at radius 2 is 1.83 bits per heavy atom. The third kappa shape index (κ3) is 4.82. The number of quaternary nitrogens is 1. The molecule has 0 spiro atoms. The van der Waals surface area contributed by atoms with E-state index < -0.39 is 10.7 Å². The maximum Gasteiger partial charge on any atom is 0.158 e. The van der Waals surface area contributed by atoms with Gasteiger partial charge in [-0.25, -0.2) is 9.07 Å². The molecule has 1 aliphatic rings. The molecule has 1 saturated heterocycles. The van der Waals surface area contributed by atoms with Gasteiger partial charge in [-0.1, -0.05) is 35.5 Å². The average Bonchev–Trinajstić information content (AvgIpc) is 3.19. The first-order chi connectivity index (χ1) is 14.4. The van der Waals surface area contributed by atoms with E-state index in [0.717, 1.165) is 44.4 Å². The largest absolute Gasteiger partial charge is 0.297 e. The van der Waals surface area contributed by atoms with Gasteiger partial charge in [0, 0.05) is 11.5 Å². The molecule has 0 radical (unpaired) electrons. The van der Waals surface area contributed by atoms with Gasteiger partial charge in [0.1, 0.15) is 5.69 Å². The van der Waals surface area contributed by atoms with Crippen molar-refractivity contribution in [3.63, 3.8) is 0 Å². The van der Waals surface area contributed by atoms with Gasteiger partial charge >= 0.3 is 0 Å². The first-order valence-electron chi connectivity index (χ1n) is 9.97. The number of benzene rings is 2. The highest BCUT2D eigenvalue weighted by Crippen LogP contribution is 2.33. The van der Waals surface area contributed by atoms with Crippen molar-refractivity contribution in [3.8, 4) is 5.69 Å². The Hall–Kier alpha value is -2.85. The van der Waals surface area contributed by atoms with E-state index >= 15 is 0 Å². The van der Waals surface area contributed by atoms with Gasteiger partial charge < -0.3 is 0 Å². The summed E-state index contributed by atoms with van der Waals surface area (Å²) in [4.78, 5) is 0.772. The van der Waals surface area contributed by atoms with Crippen LogP contribution in [-0.2, 0) is 6.54 Å². The summed E-state index contributed by atoms with van der Waals surface area (Å²) in [6.07, 6.45) is 3.57. The molecule has 3 N–H and O–H groups in total. The summed E-state index contributed by atoms with van der Waals surface area (Å²) in [5.74, 6) is -0.353. The number of nitrogens with one attached hydrogen (secondary N) is 1. The molecule has 0 unspecified atom stereocenters. The zero-order valence-electron chi connectivity index (χ0n) is 16.8. The number of hydrogen-bond acceptors (Lipinski definition) is 6. The van der Waals surface area contributed by atoms with Crippen molar-refractivity contribution in [1.82, 2.24) is 19.9 Å². The third-order valence-corrected chi connectivity index (χ3v) is 5.34. The highest BCUT2D eigenvalue weighted by Gasteiger charge is 2.26. The van der Waals surface area contributed by atoms with Crippen LogP contribution in [-0.4, -0.2) is 55.4 Å². The topological polar surface area (TPSA) is 86.4 Å². The SMILES string of the molecule is C[N+](O)(O)Nc1cccc(C2CCN(Cc3cn(-c4ccccc4)nn3)CC2)c1F. The average molecular weight is 413 g/mol. The van der Waals surface area contributed by atoms with Gasteiger partial charge in [0.25, 0.3) is 0 Å². The number of hydrogen-bond donors (Lipinski definition) is 3. The maximum absolute atomic E-state index is 14.9. The molecule has 2 aromatic carbocycles. The fraction of sp³-hybridized carbons (Fsp3) is 0.333. The van der Waals surface area contributed by atoms with Crippen LogP contribution in [0.3, 0.4) is 0 Å². The molecule has 30 heavy (non-hydrogen) atoms. The molecule has 1 aliphatic heterocycles. The number of anilines is 1. The summed E-state index contributed by atoms with van der Waals surface area (Å²) in [5.41, 5.74) is 4.87. The molecule has 1 aromatic heterocycles. The molecule has 158 valence electrons. The molecule has 3 aromatic rings. The highest BCUT2D eigenvalue weighted by molar-refractivity contribution is 5.47. The smallest absolute Gasteiger partial charge is 0.158 e. The number of rotatable bonds is 6. The monoisotopic (exact) mass is 413 g/mol. The molecule has 0 bridgehead atoms. The normalized spacial score (nSPS) is 16.0. The molecule has 1 fully saturated rings. The second kappa shape index (κ2) is 8.49. The third-order valence-electron chi connectivity index (χ3n) is 5.34. The lowest BCUT2D eigenvalue weighted by Gasteiger charge is -2.32. The molecule has 8 nitrogen and oxygen atoms in total. The standard InChI is InChI=1S/C21H26FN6O2/c1-28(29,30)24-20-9-5-8-19(21(20)22)16-10-12-26(13-11-16)14-17-15-27(25-23-17)18-6-3-2-4-7-18/h2-9,15-16,24,29-30H,10-14H2,1H3/q+1. The summed E-state index contributed by atoms with van der Waals surface area (Å²) >= 11 is 0. The quantitative estimate of drug-likeness (QED) is 0.425. The fourth-order valence-corrected chi connectivity index (χ4v) is 3.89. The summed E-state index contributed by atoms with van der Waals surface area (Å²) < 4.78 is 16.6. The predicted molar refractivity (Wildman–Crippen MR) is 108 cm³/mol. The van der Waals surface area contributed by atoms with E-state index in [1.807, 2.05) is 36.5 Å². The van der Waals surface area contributed by atoms with Crippen molar-refractivity contribution in [2.24, 2.45) is 0 Å². The Morgan fingerprint density at radius 1 is 1.10 bits per heavy atom. The van der Waals surface area contributed by atoms with E-state index in [-0.39, 0.29) is 11.6 Å². The molecule has 0 amide bonds. The van der Waals surface area contributed by atoms with E-state index in [1.54, 1.807) is 16.8 Å². The first kappa shape index (κ1) is 20.4. The summed E-state index contributed by atoms with van der Waals surface area (Å²) in [7, 11) is 1.10. The van der Waals surface area contributed by atoms with Crippen molar-refractivity contribution in [3.05, 3.63) is 71.8 Å². The van der Waals surface area contributed by atoms with Crippen LogP contribution in [0.15, 0.2) is 54.7 Å². The Morgan fingerprint density at radius 3 is 2.53 bits per heavy atom. The lowest BCUT2D eigenvalue weighted by atomic mass is 9.88. The van der Waals surface area contributed by atoms with Crippen LogP contribution >= 0.6 is 0 Å². The van der Waals surface area contributed by atoms with Gasteiger partial charge in [0.05, 0.1) is 17.6 Å². The van der Waals surface area contributed by atoms with Crippen LogP contribution < -0.4 is 5.43 Å². The van der Waals surface area contributed by atoms with Crippen LogP contribution in [0.25, 0.3) is 5.69 Å². The number of nitrogens with zero attached hydrogens (tertiary/aromatic N) is 5. The summed E-state index contributed by atoms with van der Waals surface area (Å²) in [6, 6.07) is 14.8. The molecular weight excluding hydrogens is 387 g/mol. The van der Waals surface area contributed by atoms with Gasteiger partial charge in [-0.2, -0.15) is 15.8 Å². The lowest BCUT2D eigenvalue weighted by molar-refractivity contribution is -1.22. The zero-order chi connectivity index (χ0) is 21.1. The van der Waals surface area contributed by atoms with Gasteiger partial charge in [0.15, 0.2) is 12.9 Å². The second-order valence-corrected chi connectivity index (χ2v) is 7.77. The molecule has 0 atom stereocenters. The molecule has 2 heterocycles. The molecule has 0 aliphatic carbocycles. The van der Waals surface area contributed by atoms with Crippen molar-refractivity contribution in [2.75, 3.05) is 25.6 Å². The second-order valence-electron chi connectivity index (χ2n) is 7.77. The van der Waals surface area contributed by atoms with E-state index in [9.17, 15) is 14.8 Å². The lowest BCUT2D eigenvalue weighted by Crippen LogP contribution is -2.42. The summed E-state index contributed by atoms with van der Waals surface area (Å²) in [6.45, 7) is 2.36. The Bertz CT molecular complexity index is 981. The Kier molecular flexibility index (Phi) is 5.78. The number of piperidine rings is 1. The minimum Gasteiger partial charge on any atom is -0.297 e. The van der Waals surface area contributed by atoms with Crippen molar-refractivity contribution in [1.29, 1.82) is 0 Å². The summed E-state index contributed by atoms with van der Waals surface area (Å²) in [5, 5.41) is 27.4. The Labute approximate surface area is 174 Å². The van der Waals surface area contributed by atoms with Crippen molar-refractivity contribution >= 4 is 5.69 Å². The Balaban J connectivity index is 1.37. The van der Waals surface area contributed by atoms with Gasteiger partial charge in [-0.05, 0) is 55.6 Å². The molecule has 4 rings (SSSR count). The fourth-order valence-electron chi connectivity index (χ4n) is 3.89. The minimum atomic E-state index is -1.53. The number of hydroxylamine groups is 2. The number of aromatic nitrogens is 3. The number of para-hydroxylation sites is 1. The van der Waals surface area contributed by atoms with Crippen LogP contribution in [0.1, 0.15) is 30.0 Å². The van der Waals surface area contributed by atoms with Gasteiger partial charge in [-0.15, -0.1) is 5.10 Å². The number of likely N-dealkylation sites (tertiary alicyclic amines) is 1.